The Morgan fingerprint density at radius 2 is 1.82 bits per heavy atom. The molecule has 0 amide bonds. The van der Waals surface area contributed by atoms with E-state index < -0.39 is 5.60 Å². The van der Waals surface area contributed by atoms with Gasteiger partial charge >= 0.3 is 0 Å². The summed E-state index contributed by atoms with van der Waals surface area (Å²) >= 11 is 0. The molecule has 2 unspecified atom stereocenters. The first-order chi connectivity index (χ1) is 7.85. The first kappa shape index (κ1) is 14.9. The fourth-order valence-electron chi connectivity index (χ4n) is 2.88. The van der Waals surface area contributed by atoms with E-state index in [0.29, 0.717) is 12.6 Å². The minimum atomic E-state index is -0.714. The number of rotatable bonds is 5. The van der Waals surface area contributed by atoms with Crippen LogP contribution in [0, 0.1) is 11.8 Å². The van der Waals surface area contributed by atoms with Crippen molar-refractivity contribution in [3.63, 3.8) is 0 Å². The first-order valence-electron chi connectivity index (χ1n) is 7.02. The molecule has 0 aliphatic carbocycles. The van der Waals surface area contributed by atoms with E-state index in [1.54, 1.807) is 0 Å². The van der Waals surface area contributed by atoms with Gasteiger partial charge in [0.25, 0.3) is 0 Å². The summed E-state index contributed by atoms with van der Waals surface area (Å²) < 4.78 is 0. The molecule has 1 saturated heterocycles. The third-order valence-electron chi connectivity index (χ3n) is 4.32. The number of likely N-dealkylation sites (tertiary alicyclic amines) is 1. The lowest BCUT2D eigenvalue weighted by Crippen LogP contribution is -2.46. The molecule has 0 aromatic carbocycles. The van der Waals surface area contributed by atoms with Crippen LogP contribution in [0.4, 0.5) is 0 Å². The molecule has 1 heterocycles. The molecular weight excluding hydrogens is 212 g/mol. The summed E-state index contributed by atoms with van der Waals surface area (Å²) in [6, 6.07) is 0.432. The van der Waals surface area contributed by atoms with Gasteiger partial charge in [-0.05, 0) is 58.0 Å². The van der Waals surface area contributed by atoms with E-state index >= 15 is 0 Å². The Balaban J connectivity index is 2.38. The van der Waals surface area contributed by atoms with Crippen LogP contribution in [0.2, 0.25) is 0 Å². The van der Waals surface area contributed by atoms with Crippen LogP contribution in [0.3, 0.4) is 0 Å². The Hall–Kier alpha value is -0.120. The largest absolute Gasteiger partial charge is 0.389 e. The predicted octanol–water partition coefficient (Wildman–Crippen LogP) is 1.84. The zero-order valence-electron chi connectivity index (χ0n) is 11.9. The Bertz CT molecular complexity index is 220. The highest BCUT2D eigenvalue weighted by Crippen LogP contribution is 2.27. The fraction of sp³-hybridized carbons (Fsp3) is 1.00. The SMILES string of the molecule is CC(C)C1CCN(C(C)CC(C)(O)CN)CC1. The van der Waals surface area contributed by atoms with Crippen molar-refractivity contribution in [3.8, 4) is 0 Å². The molecule has 3 N–H and O–H groups in total. The number of nitrogens with zero attached hydrogens (tertiary/aromatic N) is 1. The van der Waals surface area contributed by atoms with Crippen LogP contribution >= 0.6 is 0 Å². The van der Waals surface area contributed by atoms with Gasteiger partial charge in [0.15, 0.2) is 0 Å². The van der Waals surface area contributed by atoms with Crippen LogP contribution in [0.1, 0.15) is 47.0 Å². The fourth-order valence-corrected chi connectivity index (χ4v) is 2.88. The van der Waals surface area contributed by atoms with Gasteiger partial charge in [0.1, 0.15) is 0 Å². The third-order valence-corrected chi connectivity index (χ3v) is 4.32. The molecule has 1 rings (SSSR count). The molecule has 1 aliphatic rings. The second-order valence-electron chi connectivity index (χ2n) is 6.37. The molecule has 102 valence electrons. The van der Waals surface area contributed by atoms with Crippen LogP contribution in [0.5, 0.6) is 0 Å². The average molecular weight is 242 g/mol. The third kappa shape index (κ3) is 4.57. The predicted molar refractivity (Wildman–Crippen MR) is 72.9 cm³/mol. The van der Waals surface area contributed by atoms with Gasteiger partial charge in [0, 0.05) is 12.6 Å². The van der Waals surface area contributed by atoms with Crippen LogP contribution in [0.25, 0.3) is 0 Å². The van der Waals surface area contributed by atoms with E-state index in [2.05, 4.69) is 25.7 Å². The van der Waals surface area contributed by atoms with Gasteiger partial charge in [0.2, 0.25) is 0 Å². The van der Waals surface area contributed by atoms with Crippen molar-refractivity contribution in [3.05, 3.63) is 0 Å². The lowest BCUT2D eigenvalue weighted by Gasteiger charge is -2.39. The summed E-state index contributed by atoms with van der Waals surface area (Å²) in [5.41, 5.74) is 4.86. The average Bonchev–Trinajstić information content (AvgIpc) is 2.28. The molecule has 0 radical (unpaired) electrons. The minimum absolute atomic E-state index is 0.347. The van der Waals surface area contributed by atoms with Gasteiger partial charge in [0.05, 0.1) is 5.60 Å². The molecular formula is C14H30N2O. The van der Waals surface area contributed by atoms with Crippen LogP contribution in [0.15, 0.2) is 0 Å². The smallest absolute Gasteiger partial charge is 0.0756 e. The monoisotopic (exact) mass is 242 g/mol. The topological polar surface area (TPSA) is 49.5 Å². The lowest BCUT2D eigenvalue weighted by molar-refractivity contribution is 0.0188. The van der Waals surface area contributed by atoms with Gasteiger partial charge < -0.3 is 15.7 Å². The molecule has 0 aromatic heterocycles. The number of nitrogens with two attached hydrogens (primary N) is 1. The van der Waals surface area contributed by atoms with Gasteiger partial charge in [-0.1, -0.05) is 13.8 Å². The van der Waals surface area contributed by atoms with E-state index in [0.717, 1.165) is 18.3 Å². The molecule has 17 heavy (non-hydrogen) atoms. The maximum atomic E-state index is 10.0. The number of hydrogen-bond donors (Lipinski definition) is 2. The minimum Gasteiger partial charge on any atom is -0.389 e. The Morgan fingerprint density at radius 3 is 2.24 bits per heavy atom. The Morgan fingerprint density at radius 1 is 1.29 bits per heavy atom. The van der Waals surface area contributed by atoms with Crippen molar-refractivity contribution in [2.75, 3.05) is 19.6 Å². The van der Waals surface area contributed by atoms with E-state index in [-0.39, 0.29) is 0 Å². The summed E-state index contributed by atoms with van der Waals surface area (Å²) in [4.78, 5) is 2.50. The van der Waals surface area contributed by atoms with Crippen molar-refractivity contribution in [2.24, 2.45) is 17.6 Å². The van der Waals surface area contributed by atoms with E-state index in [1.165, 1.54) is 25.9 Å². The summed E-state index contributed by atoms with van der Waals surface area (Å²) in [6.45, 7) is 11.4. The maximum Gasteiger partial charge on any atom is 0.0756 e. The molecule has 3 heteroatoms. The molecule has 0 spiro atoms. The van der Waals surface area contributed by atoms with Crippen LogP contribution < -0.4 is 5.73 Å². The van der Waals surface area contributed by atoms with Gasteiger partial charge in [-0.2, -0.15) is 0 Å². The standard InChI is InChI=1S/C14H30N2O/c1-11(2)13-5-7-16(8-6-13)12(3)9-14(4,17)10-15/h11-13,17H,5-10,15H2,1-4H3. The summed E-state index contributed by atoms with van der Waals surface area (Å²) in [5, 5.41) is 10.0. The quantitative estimate of drug-likeness (QED) is 0.773. The second-order valence-corrected chi connectivity index (χ2v) is 6.37. The number of piperidine rings is 1. The highest BCUT2D eigenvalue weighted by molar-refractivity contribution is 4.83. The zero-order chi connectivity index (χ0) is 13.1. The van der Waals surface area contributed by atoms with Crippen molar-refractivity contribution in [1.82, 2.24) is 4.90 Å². The van der Waals surface area contributed by atoms with E-state index in [1.807, 2.05) is 6.92 Å². The number of aliphatic hydroxyl groups is 1. The molecule has 0 bridgehead atoms. The first-order valence-corrected chi connectivity index (χ1v) is 7.02. The molecule has 2 atom stereocenters. The van der Waals surface area contributed by atoms with Crippen molar-refractivity contribution >= 4 is 0 Å². The summed E-state index contributed by atoms with van der Waals surface area (Å²) in [6.07, 6.45) is 3.37. The second kappa shape index (κ2) is 6.17. The molecule has 1 aliphatic heterocycles. The molecule has 0 aromatic rings. The maximum absolute atomic E-state index is 10.0. The Kier molecular flexibility index (Phi) is 5.42. The Labute approximate surface area is 106 Å². The van der Waals surface area contributed by atoms with Crippen molar-refractivity contribution in [2.45, 2.75) is 58.6 Å². The molecule has 0 saturated carbocycles. The summed E-state index contributed by atoms with van der Waals surface area (Å²) in [7, 11) is 0. The normalized spacial score (nSPS) is 24.9. The molecule has 3 nitrogen and oxygen atoms in total. The van der Waals surface area contributed by atoms with Crippen LogP contribution in [-0.4, -0.2) is 41.3 Å². The van der Waals surface area contributed by atoms with Crippen molar-refractivity contribution < 1.29 is 5.11 Å². The van der Waals surface area contributed by atoms with Crippen molar-refractivity contribution in [1.29, 1.82) is 0 Å². The van der Waals surface area contributed by atoms with E-state index in [9.17, 15) is 5.11 Å². The van der Waals surface area contributed by atoms with Gasteiger partial charge in [-0.15, -0.1) is 0 Å². The molecule has 1 fully saturated rings. The summed E-state index contributed by atoms with van der Waals surface area (Å²) in [5.74, 6) is 1.69. The van der Waals surface area contributed by atoms with Gasteiger partial charge in [-0.25, -0.2) is 0 Å². The highest BCUT2D eigenvalue weighted by atomic mass is 16.3. The van der Waals surface area contributed by atoms with E-state index in [4.69, 9.17) is 5.73 Å². The van der Waals surface area contributed by atoms with Crippen LogP contribution in [-0.2, 0) is 0 Å². The number of hydrogen-bond acceptors (Lipinski definition) is 3. The lowest BCUT2D eigenvalue weighted by atomic mass is 9.85. The zero-order valence-corrected chi connectivity index (χ0v) is 11.9. The highest BCUT2D eigenvalue weighted by Gasteiger charge is 2.28. The van der Waals surface area contributed by atoms with Gasteiger partial charge in [-0.3, -0.25) is 0 Å².